The molecule has 1 aliphatic rings. The number of rotatable bonds is 5. The second-order valence-corrected chi connectivity index (χ2v) is 6.98. The SMILES string of the molecule is Cc1c(CNC(=O)C2(Cc3ccccc3F)CNC2)oc2ccccc12. The first-order valence-electron chi connectivity index (χ1n) is 8.78. The average molecular weight is 352 g/mol. The fourth-order valence-electron chi connectivity index (χ4n) is 3.54. The van der Waals surface area contributed by atoms with Crippen LogP contribution in [0.15, 0.2) is 52.9 Å². The first-order chi connectivity index (χ1) is 12.6. The molecule has 5 heteroatoms. The minimum Gasteiger partial charge on any atom is -0.459 e. The third-order valence-electron chi connectivity index (χ3n) is 5.25. The van der Waals surface area contributed by atoms with Gasteiger partial charge in [-0.15, -0.1) is 0 Å². The van der Waals surface area contributed by atoms with Crippen molar-refractivity contribution in [3.05, 3.63) is 71.2 Å². The van der Waals surface area contributed by atoms with Gasteiger partial charge in [-0.1, -0.05) is 36.4 Å². The van der Waals surface area contributed by atoms with E-state index in [0.29, 0.717) is 31.6 Å². The van der Waals surface area contributed by atoms with E-state index in [1.165, 1.54) is 6.07 Å². The van der Waals surface area contributed by atoms with Crippen molar-refractivity contribution >= 4 is 16.9 Å². The van der Waals surface area contributed by atoms with Gasteiger partial charge in [-0.3, -0.25) is 4.79 Å². The summed E-state index contributed by atoms with van der Waals surface area (Å²) in [5.41, 5.74) is 1.82. The quantitative estimate of drug-likeness (QED) is 0.741. The van der Waals surface area contributed by atoms with Crippen molar-refractivity contribution < 1.29 is 13.6 Å². The minimum absolute atomic E-state index is 0.0700. The van der Waals surface area contributed by atoms with E-state index in [1.54, 1.807) is 18.2 Å². The Bertz CT molecular complexity index is 960. The molecular weight excluding hydrogens is 331 g/mol. The van der Waals surface area contributed by atoms with Crippen LogP contribution in [-0.4, -0.2) is 19.0 Å². The zero-order valence-corrected chi connectivity index (χ0v) is 14.6. The van der Waals surface area contributed by atoms with Gasteiger partial charge in [0.05, 0.1) is 12.0 Å². The summed E-state index contributed by atoms with van der Waals surface area (Å²) in [5, 5.41) is 7.19. The molecule has 3 aromatic rings. The maximum absolute atomic E-state index is 14.0. The Balaban J connectivity index is 1.49. The van der Waals surface area contributed by atoms with Crippen LogP contribution in [0, 0.1) is 18.2 Å². The molecule has 0 bridgehead atoms. The molecule has 1 fully saturated rings. The molecule has 2 N–H and O–H groups in total. The lowest BCUT2D eigenvalue weighted by atomic mass is 9.75. The molecule has 26 heavy (non-hydrogen) atoms. The number of halogens is 1. The molecular formula is C21H21FN2O2. The van der Waals surface area contributed by atoms with Crippen molar-refractivity contribution in [3.63, 3.8) is 0 Å². The van der Waals surface area contributed by atoms with E-state index in [4.69, 9.17) is 4.42 Å². The molecule has 134 valence electrons. The maximum atomic E-state index is 14.0. The molecule has 2 heterocycles. The lowest BCUT2D eigenvalue weighted by molar-refractivity contribution is -0.134. The molecule has 1 aromatic heterocycles. The summed E-state index contributed by atoms with van der Waals surface area (Å²) in [6.07, 6.45) is 0.387. The highest BCUT2D eigenvalue weighted by Crippen LogP contribution is 2.30. The van der Waals surface area contributed by atoms with E-state index in [2.05, 4.69) is 10.6 Å². The molecule has 2 aromatic carbocycles. The van der Waals surface area contributed by atoms with Crippen molar-refractivity contribution in [2.24, 2.45) is 5.41 Å². The number of carbonyl (C=O) groups is 1. The third kappa shape index (κ3) is 2.88. The molecule has 1 aliphatic heterocycles. The largest absolute Gasteiger partial charge is 0.459 e. The molecule has 1 amide bonds. The average Bonchev–Trinajstić information content (AvgIpc) is 2.94. The molecule has 0 atom stereocenters. The van der Waals surface area contributed by atoms with Crippen LogP contribution in [0.5, 0.6) is 0 Å². The molecule has 0 radical (unpaired) electrons. The first-order valence-corrected chi connectivity index (χ1v) is 8.78. The first kappa shape index (κ1) is 16.8. The molecule has 0 unspecified atom stereocenters. The number of amides is 1. The van der Waals surface area contributed by atoms with Crippen LogP contribution in [-0.2, 0) is 17.8 Å². The molecule has 1 saturated heterocycles. The molecule has 0 spiro atoms. The number of nitrogens with one attached hydrogen (secondary N) is 2. The van der Waals surface area contributed by atoms with E-state index in [9.17, 15) is 9.18 Å². The number of carbonyl (C=O) groups excluding carboxylic acids is 1. The number of hydrogen-bond donors (Lipinski definition) is 2. The van der Waals surface area contributed by atoms with Crippen LogP contribution in [0.4, 0.5) is 4.39 Å². The van der Waals surface area contributed by atoms with Crippen molar-refractivity contribution in [1.82, 2.24) is 10.6 Å². The van der Waals surface area contributed by atoms with E-state index in [-0.39, 0.29) is 11.7 Å². The van der Waals surface area contributed by atoms with Crippen LogP contribution >= 0.6 is 0 Å². The Morgan fingerprint density at radius 1 is 1.19 bits per heavy atom. The predicted molar refractivity (Wildman–Crippen MR) is 98.2 cm³/mol. The lowest BCUT2D eigenvalue weighted by Crippen LogP contribution is -2.62. The Hall–Kier alpha value is -2.66. The van der Waals surface area contributed by atoms with Gasteiger partial charge in [0.1, 0.15) is 17.2 Å². The second-order valence-electron chi connectivity index (χ2n) is 6.98. The van der Waals surface area contributed by atoms with Crippen LogP contribution in [0.2, 0.25) is 0 Å². The summed E-state index contributed by atoms with van der Waals surface area (Å²) in [5.74, 6) is 0.423. The van der Waals surface area contributed by atoms with E-state index < -0.39 is 5.41 Å². The van der Waals surface area contributed by atoms with Gasteiger partial charge >= 0.3 is 0 Å². The Labute approximate surface area is 151 Å². The van der Waals surface area contributed by atoms with E-state index in [1.807, 2.05) is 31.2 Å². The summed E-state index contributed by atoms with van der Waals surface area (Å²) in [7, 11) is 0. The van der Waals surface area contributed by atoms with Gasteiger partial charge in [-0.25, -0.2) is 4.39 Å². The number of fused-ring (bicyclic) bond motifs is 1. The number of para-hydroxylation sites is 1. The zero-order valence-electron chi connectivity index (χ0n) is 14.6. The molecule has 0 aliphatic carbocycles. The van der Waals surface area contributed by atoms with E-state index >= 15 is 0 Å². The van der Waals surface area contributed by atoms with Crippen molar-refractivity contribution in [3.8, 4) is 0 Å². The van der Waals surface area contributed by atoms with Gasteiger partial charge in [0.15, 0.2) is 0 Å². The van der Waals surface area contributed by atoms with Crippen LogP contribution in [0.3, 0.4) is 0 Å². The number of benzene rings is 2. The molecule has 4 nitrogen and oxygen atoms in total. The summed E-state index contributed by atoms with van der Waals surface area (Å²) in [6.45, 7) is 3.42. The van der Waals surface area contributed by atoms with Crippen LogP contribution in [0.25, 0.3) is 11.0 Å². The van der Waals surface area contributed by atoms with Crippen molar-refractivity contribution in [2.45, 2.75) is 19.9 Å². The summed E-state index contributed by atoms with van der Waals surface area (Å²) in [6, 6.07) is 14.5. The highest BCUT2D eigenvalue weighted by atomic mass is 19.1. The maximum Gasteiger partial charge on any atom is 0.229 e. The summed E-state index contributed by atoms with van der Waals surface area (Å²) >= 11 is 0. The number of furan rings is 1. The van der Waals surface area contributed by atoms with Gasteiger partial charge in [-0.05, 0) is 31.0 Å². The fraction of sp³-hybridized carbons (Fsp3) is 0.286. The summed E-state index contributed by atoms with van der Waals surface area (Å²) < 4.78 is 19.9. The van der Waals surface area contributed by atoms with Gasteiger partial charge in [0.2, 0.25) is 5.91 Å². The minimum atomic E-state index is -0.609. The van der Waals surface area contributed by atoms with Crippen LogP contribution < -0.4 is 10.6 Å². The zero-order chi connectivity index (χ0) is 18.1. The van der Waals surface area contributed by atoms with Gasteiger partial charge in [-0.2, -0.15) is 0 Å². The normalized spacial score (nSPS) is 15.6. The predicted octanol–water partition coefficient (Wildman–Crippen LogP) is 3.33. The Morgan fingerprint density at radius 2 is 1.92 bits per heavy atom. The molecule has 4 rings (SSSR count). The number of aryl methyl sites for hydroxylation is 1. The van der Waals surface area contributed by atoms with Gasteiger partial charge in [0, 0.05) is 24.0 Å². The highest BCUT2D eigenvalue weighted by molar-refractivity contribution is 5.85. The smallest absolute Gasteiger partial charge is 0.229 e. The molecule has 0 saturated carbocycles. The lowest BCUT2D eigenvalue weighted by Gasteiger charge is -2.41. The van der Waals surface area contributed by atoms with Crippen molar-refractivity contribution in [2.75, 3.05) is 13.1 Å². The fourth-order valence-corrected chi connectivity index (χ4v) is 3.54. The van der Waals surface area contributed by atoms with Crippen LogP contribution in [0.1, 0.15) is 16.9 Å². The summed E-state index contributed by atoms with van der Waals surface area (Å²) in [4.78, 5) is 12.8. The van der Waals surface area contributed by atoms with E-state index in [0.717, 1.165) is 22.3 Å². The standard InChI is InChI=1S/C21H21FN2O2/c1-14-16-7-3-5-9-18(16)26-19(14)11-24-20(25)21(12-23-13-21)10-15-6-2-4-8-17(15)22/h2-9,23H,10-13H2,1H3,(H,24,25). The Kier molecular flexibility index (Phi) is 4.24. The monoisotopic (exact) mass is 352 g/mol. The number of hydrogen-bond acceptors (Lipinski definition) is 3. The second kappa shape index (κ2) is 6.57. The third-order valence-corrected chi connectivity index (χ3v) is 5.25. The topological polar surface area (TPSA) is 54.3 Å². The van der Waals surface area contributed by atoms with Gasteiger partial charge in [0.25, 0.3) is 0 Å². The Morgan fingerprint density at radius 3 is 2.62 bits per heavy atom. The van der Waals surface area contributed by atoms with Crippen molar-refractivity contribution in [1.29, 1.82) is 0 Å². The van der Waals surface area contributed by atoms with Gasteiger partial charge < -0.3 is 15.1 Å². The highest BCUT2D eigenvalue weighted by Gasteiger charge is 2.44.